The molecule has 0 aromatic carbocycles. The van der Waals surface area contributed by atoms with Crippen molar-refractivity contribution in [3.63, 3.8) is 0 Å². The molecule has 0 atom stereocenters. The lowest BCUT2D eigenvalue weighted by atomic mass is 9.77. The van der Waals surface area contributed by atoms with Crippen LogP contribution in [0.1, 0.15) is 39.5 Å². The zero-order valence-electron chi connectivity index (χ0n) is 10.4. The SMILES string of the molecule is CC(C)CCOCCNC(=O)C1(N)CCC1. The molecule has 1 aliphatic carbocycles. The van der Waals surface area contributed by atoms with Gasteiger partial charge in [0.15, 0.2) is 0 Å². The summed E-state index contributed by atoms with van der Waals surface area (Å²) in [6.07, 6.45) is 3.75. The Labute approximate surface area is 97.9 Å². The zero-order chi connectivity index (χ0) is 12.0. The van der Waals surface area contributed by atoms with E-state index in [1.165, 1.54) is 0 Å². The van der Waals surface area contributed by atoms with E-state index in [1.807, 2.05) is 0 Å². The molecule has 1 saturated carbocycles. The highest BCUT2D eigenvalue weighted by Gasteiger charge is 2.39. The Morgan fingerprint density at radius 2 is 2.12 bits per heavy atom. The fraction of sp³-hybridized carbons (Fsp3) is 0.917. The first-order chi connectivity index (χ1) is 7.54. The summed E-state index contributed by atoms with van der Waals surface area (Å²) in [5.74, 6) is 0.642. The largest absolute Gasteiger partial charge is 0.380 e. The minimum atomic E-state index is -0.585. The number of amides is 1. The van der Waals surface area contributed by atoms with Crippen molar-refractivity contribution in [3.05, 3.63) is 0 Å². The van der Waals surface area contributed by atoms with Crippen molar-refractivity contribution in [1.29, 1.82) is 0 Å². The van der Waals surface area contributed by atoms with Crippen LogP contribution < -0.4 is 11.1 Å². The summed E-state index contributed by atoms with van der Waals surface area (Å²) in [5, 5.41) is 2.82. The Hall–Kier alpha value is -0.610. The van der Waals surface area contributed by atoms with Gasteiger partial charge in [-0.15, -0.1) is 0 Å². The Balaban J connectivity index is 1.97. The number of nitrogens with one attached hydrogen (secondary N) is 1. The van der Waals surface area contributed by atoms with Crippen molar-refractivity contribution >= 4 is 5.91 Å². The lowest BCUT2D eigenvalue weighted by Crippen LogP contribution is -2.58. The topological polar surface area (TPSA) is 64.3 Å². The average Bonchev–Trinajstić information content (AvgIpc) is 2.18. The fourth-order valence-corrected chi connectivity index (χ4v) is 1.62. The summed E-state index contributed by atoms with van der Waals surface area (Å²) >= 11 is 0. The zero-order valence-corrected chi connectivity index (χ0v) is 10.4. The molecule has 3 N–H and O–H groups in total. The van der Waals surface area contributed by atoms with Crippen molar-refractivity contribution in [3.8, 4) is 0 Å². The average molecular weight is 228 g/mol. The van der Waals surface area contributed by atoms with Crippen molar-refractivity contribution in [2.24, 2.45) is 11.7 Å². The van der Waals surface area contributed by atoms with E-state index in [1.54, 1.807) is 0 Å². The Morgan fingerprint density at radius 1 is 1.44 bits per heavy atom. The molecule has 0 saturated heterocycles. The monoisotopic (exact) mass is 228 g/mol. The molecule has 1 rings (SSSR count). The third-order valence-corrected chi connectivity index (χ3v) is 3.07. The summed E-state index contributed by atoms with van der Waals surface area (Å²) in [4.78, 5) is 11.6. The fourth-order valence-electron chi connectivity index (χ4n) is 1.62. The highest BCUT2D eigenvalue weighted by molar-refractivity contribution is 5.86. The van der Waals surface area contributed by atoms with Gasteiger partial charge in [-0.05, 0) is 31.6 Å². The second-order valence-electron chi connectivity index (χ2n) is 5.06. The normalized spacial score (nSPS) is 18.2. The summed E-state index contributed by atoms with van der Waals surface area (Å²) < 4.78 is 5.40. The quantitative estimate of drug-likeness (QED) is 0.640. The van der Waals surface area contributed by atoms with Crippen molar-refractivity contribution in [2.75, 3.05) is 19.8 Å². The van der Waals surface area contributed by atoms with Gasteiger partial charge in [0.05, 0.1) is 12.1 Å². The lowest BCUT2D eigenvalue weighted by molar-refractivity contribution is -0.129. The van der Waals surface area contributed by atoms with E-state index in [0.717, 1.165) is 32.3 Å². The Bertz CT molecular complexity index is 225. The molecule has 0 bridgehead atoms. The molecule has 0 aromatic heterocycles. The standard InChI is InChI=1S/C12H24N2O2/c1-10(2)4-8-16-9-7-14-11(15)12(13)5-3-6-12/h10H,3-9,13H2,1-2H3,(H,14,15). The highest BCUT2D eigenvalue weighted by Crippen LogP contribution is 2.28. The minimum absolute atomic E-state index is 0.0220. The van der Waals surface area contributed by atoms with Gasteiger partial charge < -0.3 is 15.8 Å². The second kappa shape index (κ2) is 6.21. The van der Waals surface area contributed by atoms with Gasteiger partial charge in [-0.25, -0.2) is 0 Å². The maximum absolute atomic E-state index is 11.6. The van der Waals surface area contributed by atoms with Gasteiger partial charge >= 0.3 is 0 Å². The maximum atomic E-state index is 11.6. The molecular formula is C12H24N2O2. The van der Waals surface area contributed by atoms with E-state index in [-0.39, 0.29) is 5.91 Å². The molecule has 0 heterocycles. The predicted octanol–water partition coefficient (Wildman–Crippen LogP) is 1.05. The van der Waals surface area contributed by atoms with Crippen LogP contribution in [0.3, 0.4) is 0 Å². The molecule has 0 aromatic rings. The number of hydrogen-bond donors (Lipinski definition) is 2. The van der Waals surface area contributed by atoms with Crippen LogP contribution in [0, 0.1) is 5.92 Å². The Morgan fingerprint density at radius 3 is 2.62 bits per heavy atom. The summed E-state index contributed by atoms with van der Waals surface area (Å²) in [5.41, 5.74) is 5.29. The van der Waals surface area contributed by atoms with E-state index in [2.05, 4.69) is 19.2 Å². The molecule has 4 nitrogen and oxygen atoms in total. The second-order valence-corrected chi connectivity index (χ2v) is 5.06. The molecule has 0 radical (unpaired) electrons. The van der Waals surface area contributed by atoms with Gasteiger partial charge in [0.25, 0.3) is 0 Å². The van der Waals surface area contributed by atoms with Gasteiger partial charge in [0.2, 0.25) is 5.91 Å². The maximum Gasteiger partial charge on any atom is 0.240 e. The molecule has 1 fully saturated rings. The highest BCUT2D eigenvalue weighted by atomic mass is 16.5. The van der Waals surface area contributed by atoms with Crippen LogP contribution >= 0.6 is 0 Å². The van der Waals surface area contributed by atoms with Gasteiger partial charge in [-0.1, -0.05) is 13.8 Å². The third kappa shape index (κ3) is 4.10. The number of hydrogen-bond acceptors (Lipinski definition) is 3. The molecule has 1 aliphatic rings. The number of rotatable bonds is 7. The van der Waals surface area contributed by atoms with Gasteiger partial charge in [0, 0.05) is 13.2 Å². The van der Waals surface area contributed by atoms with E-state index in [9.17, 15) is 4.79 Å². The molecular weight excluding hydrogens is 204 g/mol. The van der Waals surface area contributed by atoms with Crippen LogP contribution in [0.2, 0.25) is 0 Å². The summed E-state index contributed by atoms with van der Waals surface area (Å²) in [7, 11) is 0. The smallest absolute Gasteiger partial charge is 0.240 e. The summed E-state index contributed by atoms with van der Waals surface area (Å²) in [6.45, 7) is 6.24. The molecule has 0 unspecified atom stereocenters. The van der Waals surface area contributed by atoms with Crippen molar-refractivity contribution in [2.45, 2.75) is 45.1 Å². The van der Waals surface area contributed by atoms with Crippen LogP contribution in [0.5, 0.6) is 0 Å². The number of nitrogens with two attached hydrogens (primary N) is 1. The first kappa shape index (κ1) is 13.5. The van der Waals surface area contributed by atoms with Crippen LogP contribution in [0.25, 0.3) is 0 Å². The molecule has 1 amide bonds. The van der Waals surface area contributed by atoms with E-state index < -0.39 is 5.54 Å². The van der Waals surface area contributed by atoms with Crippen LogP contribution in [0.4, 0.5) is 0 Å². The number of ether oxygens (including phenoxy) is 1. The van der Waals surface area contributed by atoms with Crippen molar-refractivity contribution < 1.29 is 9.53 Å². The van der Waals surface area contributed by atoms with Crippen LogP contribution in [-0.2, 0) is 9.53 Å². The number of carbonyl (C=O) groups is 1. The molecule has 0 spiro atoms. The van der Waals surface area contributed by atoms with Crippen LogP contribution in [0.15, 0.2) is 0 Å². The van der Waals surface area contributed by atoms with E-state index in [0.29, 0.717) is 19.1 Å². The summed E-state index contributed by atoms with van der Waals surface area (Å²) in [6, 6.07) is 0. The van der Waals surface area contributed by atoms with Crippen molar-refractivity contribution in [1.82, 2.24) is 5.32 Å². The third-order valence-electron chi connectivity index (χ3n) is 3.07. The van der Waals surface area contributed by atoms with Gasteiger partial charge in [-0.2, -0.15) is 0 Å². The van der Waals surface area contributed by atoms with E-state index >= 15 is 0 Å². The lowest BCUT2D eigenvalue weighted by Gasteiger charge is -2.36. The first-order valence-corrected chi connectivity index (χ1v) is 6.19. The minimum Gasteiger partial charge on any atom is -0.380 e. The molecule has 0 aliphatic heterocycles. The van der Waals surface area contributed by atoms with Crippen LogP contribution in [-0.4, -0.2) is 31.2 Å². The Kier molecular flexibility index (Phi) is 5.22. The number of carbonyl (C=O) groups excluding carboxylic acids is 1. The molecule has 16 heavy (non-hydrogen) atoms. The van der Waals surface area contributed by atoms with Gasteiger partial charge in [-0.3, -0.25) is 4.79 Å². The predicted molar refractivity (Wildman–Crippen MR) is 64.1 cm³/mol. The molecule has 4 heteroatoms. The molecule has 94 valence electrons. The van der Waals surface area contributed by atoms with E-state index in [4.69, 9.17) is 10.5 Å². The first-order valence-electron chi connectivity index (χ1n) is 6.19. The van der Waals surface area contributed by atoms with Gasteiger partial charge in [0.1, 0.15) is 0 Å².